The van der Waals surface area contributed by atoms with Crippen LogP contribution in [0.1, 0.15) is 79.1 Å². The van der Waals surface area contributed by atoms with E-state index in [4.69, 9.17) is 0 Å². The molecule has 0 radical (unpaired) electrons. The summed E-state index contributed by atoms with van der Waals surface area (Å²) in [5, 5.41) is 3.50. The summed E-state index contributed by atoms with van der Waals surface area (Å²) in [6, 6.07) is 0. The molecule has 0 spiro atoms. The second-order valence-electron chi connectivity index (χ2n) is 4.80. The molecule has 0 amide bonds. The predicted octanol–water partition coefficient (Wildman–Crippen LogP) is 4.31. The summed E-state index contributed by atoms with van der Waals surface area (Å²) in [5.74, 6) is -0.211. The molecule has 0 fully saturated rings. The van der Waals surface area contributed by atoms with Gasteiger partial charge in [0.2, 0.25) is 0 Å². The molecule has 19 heavy (non-hydrogen) atoms. The summed E-state index contributed by atoms with van der Waals surface area (Å²) in [7, 11) is 0. The van der Waals surface area contributed by atoms with E-state index in [0.717, 1.165) is 0 Å². The number of esters is 1. The van der Waals surface area contributed by atoms with Crippen molar-refractivity contribution in [2.24, 2.45) is 0 Å². The first-order valence-electron chi connectivity index (χ1n) is 8.03. The molecule has 0 unspecified atom stereocenters. The lowest BCUT2D eigenvalue weighted by Gasteiger charge is -2.03. The Morgan fingerprint density at radius 1 is 0.842 bits per heavy atom. The van der Waals surface area contributed by atoms with Crippen LogP contribution in [0, 0.1) is 0 Å². The van der Waals surface area contributed by atoms with E-state index in [1.54, 1.807) is 6.92 Å². The molecule has 0 aliphatic heterocycles. The highest BCUT2D eigenvalue weighted by Gasteiger charge is 1.89. The highest BCUT2D eigenvalue weighted by molar-refractivity contribution is 5.65. The Morgan fingerprint density at radius 2 is 1.32 bits per heavy atom. The fraction of sp³-hybridized carbons (Fsp3) is 0.938. The van der Waals surface area contributed by atoms with E-state index in [-0.39, 0.29) is 5.97 Å². The molecular weight excluding hydrogens is 238 g/mol. The molecule has 116 valence electrons. The first-order valence-corrected chi connectivity index (χ1v) is 8.03. The zero-order valence-corrected chi connectivity index (χ0v) is 13.6. The van der Waals surface area contributed by atoms with Gasteiger partial charge in [-0.15, -0.1) is 0 Å². The molecule has 0 aromatic rings. The van der Waals surface area contributed by atoms with Gasteiger partial charge in [0.1, 0.15) is 0 Å². The SMILES string of the molecule is CCCCCCNCCCCCC.CCOC(C)=O. The van der Waals surface area contributed by atoms with E-state index < -0.39 is 0 Å². The number of hydrogen-bond donors (Lipinski definition) is 1. The summed E-state index contributed by atoms with van der Waals surface area (Å²) in [6.45, 7) is 10.6. The van der Waals surface area contributed by atoms with Crippen LogP contribution in [-0.4, -0.2) is 25.7 Å². The molecule has 3 heteroatoms. The molecule has 0 heterocycles. The minimum atomic E-state index is -0.211. The van der Waals surface area contributed by atoms with Crippen LogP contribution in [0.3, 0.4) is 0 Å². The van der Waals surface area contributed by atoms with Crippen LogP contribution >= 0.6 is 0 Å². The van der Waals surface area contributed by atoms with Crippen molar-refractivity contribution >= 4 is 5.97 Å². The van der Waals surface area contributed by atoms with Gasteiger partial charge in [0.05, 0.1) is 6.61 Å². The zero-order chi connectivity index (χ0) is 14.8. The number of nitrogens with one attached hydrogen (secondary N) is 1. The molecule has 0 rings (SSSR count). The van der Waals surface area contributed by atoms with Crippen molar-refractivity contribution in [2.75, 3.05) is 19.7 Å². The molecule has 0 aromatic heterocycles. The Labute approximate surface area is 120 Å². The average Bonchev–Trinajstić information content (AvgIpc) is 2.37. The largest absolute Gasteiger partial charge is 0.466 e. The highest BCUT2D eigenvalue weighted by atomic mass is 16.5. The van der Waals surface area contributed by atoms with Gasteiger partial charge in [0.15, 0.2) is 0 Å². The topological polar surface area (TPSA) is 38.3 Å². The lowest BCUT2D eigenvalue weighted by molar-refractivity contribution is -0.140. The smallest absolute Gasteiger partial charge is 0.302 e. The van der Waals surface area contributed by atoms with Crippen LogP contribution in [0.15, 0.2) is 0 Å². The number of rotatable bonds is 11. The van der Waals surface area contributed by atoms with Crippen LogP contribution in [-0.2, 0) is 9.53 Å². The maximum absolute atomic E-state index is 9.82. The standard InChI is InChI=1S/C12H27N.C4H8O2/c1-3-5-7-9-11-13-12-10-8-6-4-2;1-3-6-4(2)5/h13H,3-12H2,1-2H3;3H2,1-2H3. The maximum Gasteiger partial charge on any atom is 0.302 e. The Kier molecular flexibility index (Phi) is 21.6. The van der Waals surface area contributed by atoms with Crippen LogP contribution in [0.25, 0.3) is 0 Å². The normalized spacial score (nSPS) is 9.68. The van der Waals surface area contributed by atoms with Gasteiger partial charge in [-0.1, -0.05) is 52.4 Å². The molecule has 0 saturated carbocycles. The number of hydrogen-bond acceptors (Lipinski definition) is 3. The van der Waals surface area contributed by atoms with Crippen LogP contribution < -0.4 is 5.32 Å². The van der Waals surface area contributed by atoms with Crippen molar-refractivity contribution in [3.8, 4) is 0 Å². The second-order valence-corrected chi connectivity index (χ2v) is 4.80. The Balaban J connectivity index is 0. The fourth-order valence-corrected chi connectivity index (χ4v) is 1.68. The molecule has 3 nitrogen and oxygen atoms in total. The van der Waals surface area contributed by atoms with Crippen molar-refractivity contribution < 1.29 is 9.53 Å². The van der Waals surface area contributed by atoms with Crippen LogP contribution in [0.4, 0.5) is 0 Å². The zero-order valence-electron chi connectivity index (χ0n) is 13.6. The number of unbranched alkanes of at least 4 members (excludes halogenated alkanes) is 6. The molecule has 0 atom stereocenters. The monoisotopic (exact) mass is 273 g/mol. The van der Waals surface area contributed by atoms with Gasteiger partial charge >= 0.3 is 5.97 Å². The van der Waals surface area contributed by atoms with Gasteiger partial charge in [-0.3, -0.25) is 4.79 Å². The van der Waals surface area contributed by atoms with Crippen LogP contribution in [0.5, 0.6) is 0 Å². The maximum atomic E-state index is 9.82. The lowest BCUT2D eigenvalue weighted by atomic mass is 10.2. The van der Waals surface area contributed by atoms with Crippen molar-refractivity contribution in [3.63, 3.8) is 0 Å². The fourth-order valence-electron chi connectivity index (χ4n) is 1.68. The summed E-state index contributed by atoms with van der Waals surface area (Å²) < 4.78 is 4.40. The van der Waals surface area contributed by atoms with E-state index in [1.165, 1.54) is 71.4 Å². The third-order valence-electron chi connectivity index (χ3n) is 2.76. The average molecular weight is 273 g/mol. The van der Waals surface area contributed by atoms with Crippen molar-refractivity contribution in [2.45, 2.75) is 79.1 Å². The van der Waals surface area contributed by atoms with Gasteiger partial charge in [-0.2, -0.15) is 0 Å². The molecule has 1 N–H and O–H groups in total. The molecule has 0 aliphatic rings. The molecule has 0 saturated heterocycles. The Morgan fingerprint density at radius 3 is 1.58 bits per heavy atom. The van der Waals surface area contributed by atoms with E-state index in [9.17, 15) is 4.79 Å². The van der Waals surface area contributed by atoms with E-state index in [1.807, 2.05) is 0 Å². The van der Waals surface area contributed by atoms with Crippen LogP contribution in [0.2, 0.25) is 0 Å². The first kappa shape index (κ1) is 20.7. The summed E-state index contributed by atoms with van der Waals surface area (Å²) in [4.78, 5) is 9.82. The van der Waals surface area contributed by atoms with Gasteiger partial charge < -0.3 is 10.1 Å². The van der Waals surface area contributed by atoms with Gasteiger partial charge in [0, 0.05) is 6.92 Å². The predicted molar refractivity (Wildman–Crippen MR) is 83.5 cm³/mol. The quantitative estimate of drug-likeness (QED) is 0.450. The molecular formula is C16H35NO2. The second kappa shape index (κ2) is 19.8. The first-order chi connectivity index (χ1) is 9.18. The number of carbonyl (C=O) groups is 1. The number of ether oxygens (including phenoxy) is 1. The van der Waals surface area contributed by atoms with Crippen molar-refractivity contribution in [1.29, 1.82) is 0 Å². The Hall–Kier alpha value is -0.570. The summed E-state index contributed by atoms with van der Waals surface area (Å²) in [6.07, 6.45) is 11.0. The third-order valence-corrected chi connectivity index (χ3v) is 2.76. The van der Waals surface area contributed by atoms with Gasteiger partial charge in [0.25, 0.3) is 0 Å². The molecule has 0 aliphatic carbocycles. The van der Waals surface area contributed by atoms with E-state index >= 15 is 0 Å². The minimum absolute atomic E-state index is 0.211. The number of carbonyl (C=O) groups excluding carboxylic acids is 1. The van der Waals surface area contributed by atoms with E-state index in [0.29, 0.717) is 6.61 Å². The van der Waals surface area contributed by atoms with Crippen molar-refractivity contribution in [3.05, 3.63) is 0 Å². The summed E-state index contributed by atoms with van der Waals surface area (Å²) >= 11 is 0. The third kappa shape index (κ3) is 26.9. The van der Waals surface area contributed by atoms with Gasteiger partial charge in [-0.05, 0) is 32.9 Å². The Bertz CT molecular complexity index is 162. The highest BCUT2D eigenvalue weighted by Crippen LogP contribution is 1.98. The summed E-state index contributed by atoms with van der Waals surface area (Å²) in [5.41, 5.74) is 0. The lowest BCUT2D eigenvalue weighted by Crippen LogP contribution is -2.16. The van der Waals surface area contributed by atoms with E-state index in [2.05, 4.69) is 23.9 Å². The van der Waals surface area contributed by atoms with Gasteiger partial charge in [-0.25, -0.2) is 0 Å². The molecule has 0 bridgehead atoms. The minimum Gasteiger partial charge on any atom is -0.466 e. The van der Waals surface area contributed by atoms with Crippen molar-refractivity contribution in [1.82, 2.24) is 5.32 Å². The molecule has 0 aromatic carbocycles.